The van der Waals surface area contributed by atoms with E-state index in [2.05, 4.69) is 5.32 Å². The first kappa shape index (κ1) is 39.9. The lowest BCUT2D eigenvalue weighted by atomic mass is 9.85. The number of alkyl halides is 2. The predicted octanol–water partition coefficient (Wildman–Crippen LogP) is 2.10. The van der Waals surface area contributed by atoms with E-state index in [-0.39, 0.29) is 24.9 Å². The Kier molecular flexibility index (Phi) is 16.1. The first-order valence-electron chi connectivity index (χ1n) is 17.0. The molecule has 13 nitrogen and oxygen atoms in total. The topological polar surface area (TPSA) is 193 Å². The number of carboxylic acids is 1. The molecule has 15 heteroatoms. The fourth-order valence-electron chi connectivity index (χ4n) is 6.66. The van der Waals surface area contributed by atoms with Gasteiger partial charge < -0.3 is 54.5 Å². The predicted molar refractivity (Wildman–Crippen MR) is 162 cm³/mol. The van der Waals surface area contributed by atoms with E-state index < -0.39 is 91.9 Å². The van der Waals surface area contributed by atoms with Crippen molar-refractivity contribution >= 4 is 11.9 Å². The first-order chi connectivity index (χ1) is 22.2. The Labute approximate surface area is 275 Å². The third-order valence-corrected chi connectivity index (χ3v) is 9.57. The second kappa shape index (κ2) is 19.0. The molecule has 0 aromatic heterocycles. The molecule has 3 aliphatic rings. The summed E-state index contributed by atoms with van der Waals surface area (Å²) >= 11 is 0. The lowest BCUT2D eigenvalue weighted by Crippen LogP contribution is -2.67. The highest BCUT2D eigenvalue weighted by molar-refractivity contribution is 5.73. The molecule has 2 aliphatic heterocycles. The molecule has 0 aromatic rings. The number of carbonyl (C=O) groups excluding carboxylic acids is 1. The van der Waals surface area contributed by atoms with Gasteiger partial charge in [0.15, 0.2) is 18.7 Å². The summed E-state index contributed by atoms with van der Waals surface area (Å²) in [5, 5.41) is 53.6. The van der Waals surface area contributed by atoms with Crippen LogP contribution >= 0.6 is 0 Å². The molecular weight excluding hydrogens is 628 g/mol. The molecule has 0 spiro atoms. The van der Waals surface area contributed by atoms with Crippen LogP contribution in [0.2, 0.25) is 0 Å². The number of carboxylic acid groups (broad SMARTS) is 1. The van der Waals surface area contributed by atoms with Crippen molar-refractivity contribution in [3.63, 3.8) is 0 Å². The SMILES string of the molecule is CC[C@H](CCC[C@H](C)O[C@@H]1O[C@@H](C(F)F)[C@@H](O)C(O[C@@H](CC2CCCCC2)C(=O)O)C1NC(C)=O)COC1O[C@@H](C)C(O)[C@H](O)[C@@H]1O. The standard InChI is InChI=1S/C32H55F2NO12/c1-5-19(15-43-32-25(39)24(38)23(37)17(3)45-32)13-9-10-16(2)44-31-22(35-18(4)36)27(26(40)28(47-31)29(33)34)46-21(30(41)42)14-20-11-7-6-8-12-20/h16-17,19-29,31-32,37-40H,5-15H2,1-4H3,(H,35,36)(H,41,42)/t16-,17-,19+,21-,22?,23?,24-,25-,26-,27?,28+,31+,32?/m0/s1. The Hall–Kier alpha value is -1.56. The summed E-state index contributed by atoms with van der Waals surface area (Å²) < 4.78 is 56.8. The molecule has 0 radical (unpaired) electrons. The summed E-state index contributed by atoms with van der Waals surface area (Å²) in [4.78, 5) is 24.4. The second-order valence-corrected chi connectivity index (χ2v) is 13.4. The van der Waals surface area contributed by atoms with Crippen molar-refractivity contribution in [3.8, 4) is 0 Å². The summed E-state index contributed by atoms with van der Waals surface area (Å²) in [6.45, 7) is 6.68. The molecule has 1 amide bonds. The number of halogens is 2. The Morgan fingerprint density at radius 1 is 0.936 bits per heavy atom. The van der Waals surface area contributed by atoms with Gasteiger partial charge in [-0.15, -0.1) is 0 Å². The van der Waals surface area contributed by atoms with Crippen molar-refractivity contribution < 1.29 is 67.6 Å². The third kappa shape index (κ3) is 11.5. The second-order valence-electron chi connectivity index (χ2n) is 13.4. The molecule has 4 unspecified atom stereocenters. The number of ether oxygens (including phenoxy) is 5. The van der Waals surface area contributed by atoms with Gasteiger partial charge in [-0.1, -0.05) is 51.9 Å². The molecule has 1 saturated carbocycles. The smallest absolute Gasteiger partial charge is 0.332 e. The molecule has 0 aromatic carbocycles. The monoisotopic (exact) mass is 683 g/mol. The van der Waals surface area contributed by atoms with Gasteiger partial charge in [0.05, 0.1) is 18.8 Å². The van der Waals surface area contributed by atoms with Crippen molar-refractivity contribution in [2.75, 3.05) is 6.61 Å². The number of aliphatic carboxylic acids is 1. The van der Waals surface area contributed by atoms with Crippen LogP contribution in [0, 0.1) is 11.8 Å². The molecule has 2 heterocycles. The zero-order chi connectivity index (χ0) is 34.8. The zero-order valence-corrected chi connectivity index (χ0v) is 27.8. The Morgan fingerprint density at radius 2 is 1.62 bits per heavy atom. The number of rotatable bonds is 17. The summed E-state index contributed by atoms with van der Waals surface area (Å²) in [6.07, 6.45) is -10.6. The molecule has 2 saturated heterocycles. The number of hydrogen-bond donors (Lipinski definition) is 6. The van der Waals surface area contributed by atoms with E-state index in [9.17, 15) is 43.9 Å². The van der Waals surface area contributed by atoms with E-state index in [1.165, 1.54) is 6.92 Å². The Balaban J connectivity index is 1.62. The van der Waals surface area contributed by atoms with Crippen molar-refractivity contribution in [1.82, 2.24) is 5.32 Å². The summed E-state index contributed by atoms with van der Waals surface area (Å²) in [5.74, 6) is -1.72. The van der Waals surface area contributed by atoms with Crippen LogP contribution in [0.4, 0.5) is 8.78 Å². The van der Waals surface area contributed by atoms with Crippen LogP contribution in [-0.4, -0.2) is 124 Å². The summed E-state index contributed by atoms with van der Waals surface area (Å²) in [7, 11) is 0. The average Bonchev–Trinajstić information content (AvgIpc) is 3.02. The van der Waals surface area contributed by atoms with Crippen molar-refractivity contribution in [2.24, 2.45) is 11.8 Å². The molecule has 0 bridgehead atoms. The lowest BCUT2D eigenvalue weighted by molar-refractivity contribution is -0.304. The fraction of sp³-hybridized carbons (Fsp3) is 0.938. The van der Waals surface area contributed by atoms with Gasteiger partial charge in [-0.05, 0) is 44.9 Å². The maximum Gasteiger partial charge on any atom is 0.332 e. The van der Waals surface area contributed by atoms with Gasteiger partial charge in [0.1, 0.15) is 42.7 Å². The van der Waals surface area contributed by atoms with Gasteiger partial charge in [0, 0.05) is 6.92 Å². The number of carbonyl (C=O) groups is 2. The lowest BCUT2D eigenvalue weighted by Gasteiger charge is -2.45. The summed E-state index contributed by atoms with van der Waals surface area (Å²) in [5.41, 5.74) is 0. The van der Waals surface area contributed by atoms with Crippen LogP contribution in [0.5, 0.6) is 0 Å². The van der Waals surface area contributed by atoms with E-state index >= 15 is 0 Å². The number of aliphatic hydroxyl groups excluding tert-OH is 4. The highest BCUT2D eigenvalue weighted by Crippen LogP contribution is 2.33. The minimum Gasteiger partial charge on any atom is -0.479 e. The van der Waals surface area contributed by atoms with Crippen LogP contribution in [0.1, 0.15) is 91.9 Å². The molecule has 13 atom stereocenters. The molecule has 6 N–H and O–H groups in total. The van der Waals surface area contributed by atoms with Crippen LogP contribution in [-0.2, 0) is 33.3 Å². The molecule has 274 valence electrons. The van der Waals surface area contributed by atoms with Crippen LogP contribution in [0.15, 0.2) is 0 Å². The zero-order valence-electron chi connectivity index (χ0n) is 27.8. The van der Waals surface area contributed by atoms with E-state index in [0.717, 1.165) is 38.5 Å². The molecule has 47 heavy (non-hydrogen) atoms. The Morgan fingerprint density at radius 3 is 2.21 bits per heavy atom. The van der Waals surface area contributed by atoms with Gasteiger partial charge in [0.25, 0.3) is 6.43 Å². The molecule has 3 rings (SSSR count). The molecular formula is C32H55F2NO12. The summed E-state index contributed by atoms with van der Waals surface area (Å²) in [6, 6.07) is -1.26. The number of hydrogen-bond acceptors (Lipinski definition) is 11. The van der Waals surface area contributed by atoms with Gasteiger partial charge in [-0.3, -0.25) is 4.79 Å². The fourth-order valence-corrected chi connectivity index (χ4v) is 6.66. The quantitative estimate of drug-likeness (QED) is 0.131. The number of amides is 1. The van der Waals surface area contributed by atoms with E-state index in [1.54, 1.807) is 13.8 Å². The molecule has 1 aliphatic carbocycles. The number of aliphatic hydroxyl groups is 4. The van der Waals surface area contributed by atoms with Crippen molar-refractivity contribution in [2.45, 2.75) is 172 Å². The molecule has 3 fully saturated rings. The third-order valence-electron chi connectivity index (χ3n) is 9.57. The van der Waals surface area contributed by atoms with Crippen LogP contribution < -0.4 is 5.32 Å². The largest absolute Gasteiger partial charge is 0.479 e. The van der Waals surface area contributed by atoms with Crippen LogP contribution in [0.25, 0.3) is 0 Å². The highest BCUT2D eigenvalue weighted by atomic mass is 19.3. The van der Waals surface area contributed by atoms with Crippen molar-refractivity contribution in [1.29, 1.82) is 0 Å². The van der Waals surface area contributed by atoms with E-state index in [1.807, 2.05) is 6.92 Å². The Bertz CT molecular complexity index is 959. The van der Waals surface area contributed by atoms with E-state index in [4.69, 9.17) is 23.7 Å². The maximum absolute atomic E-state index is 14.1. The normalized spacial score (nSPS) is 35.7. The van der Waals surface area contributed by atoms with Crippen LogP contribution in [0.3, 0.4) is 0 Å². The minimum absolute atomic E-state index is 0.0450. The first-order valence-corrected chi connectivity index (χ1v) is 17.0. The average molecular weight is 684 g/mol. The van der Waals surface area contributed by atoms with Crippen molar-refractivity contribution in [3.05, 3.63) is 0 Å². The highest BCUT2D eigenvalue weighted by Gasteiger charge is 2.52. The van der Waals surface area contributed by atoms with Gasteiger partial charge in [-0.25, -0.2) is 13.6 Å². The van der Waals surface area contributed by atoms with Gasteiger partial charge in [-0.2, -0.15) is 0 Å². The van der Waals surface area contributed by atoms with Gasteiger partial charge in [0.2, 0.25) is 5.91 Å². The number of nitrogens with one attached hydrogen (secondary N) is 1. The maximum atomic E-state index is 14.1. The van der Waals surface area contributed by atoms with E-state index in [0.29, 0.717) is 19.3 Å². The minimum atomic E-state index is -3.14. The van der Waals surface area contributed by atoms with Gasteiger partial charge >= 0.3 is 5.97 Å².